The molecule has 1 N–H and O–H groups in total. The maximum atomic E-state index is 9.76. The predicted octanol–water partition coefficient (Wildman–Crippen LogP) is 0.944. The van der Waals surface area contributed by atoms with Gasteiger partial charge < -0.3 is 9.84 Å². The van der Waals surface area contributed by atoms with Crippen LogP contribution < -0.4 is 0 Å². The molecule has 3 nitrogen and oxygen atoms in total. The zero-order chi connectivity index (χ0) is 7.66. The van der Waals surface area contributed by atoms with Crippen LogP contribution in [0.1, 0.15) is 25.7 Å². The topological polar surface area (TPSA) is 49.4 Å². The fraction of sp³-hybridized carbons (Fsp3) is 1.00. The van der Waals surface area contributed by atoms with Crippen LogP contribution in [0, 0.1) is 0 Å². The van der Waals surface area contributed by atoms with Crippen LogP contribution in [0.25, 0.3) is 0 Å². The van der Waals surface area contributed by atoms with E-state index in [1.165, 1.54) is 0 Å². The van der Waals surface area contributed by atoms with Crippen LogP contribution >= 0.6 is 0 Å². The first-order valence-electron chi connectivity index (χ1n) is 3.68. The second-order valence-electron chi connectivity index (χ2n) is 2.16. The van der Waals surface area contributed by atoms with E-state index in [4.69, 9.17) is 5.11 Å². The fourth-order valence-corrected chi connectivity index (χ4v) is 0.728. The monoisotopic (exact) mass is 147 g/mol. The number of rotatable bonds is 7. The van der Waals surface area contributed by atoms with Crippen molar-refractivity contribution in [2.24, 2.45) is 0 Å². The van der Waals surface area contributed by atoms with Crippen molar-refractivity contribution in [2.75, 3.05) is 20.0 Å². The highest BCUT2D eigenvalue weighted by atomic mass is 16.6. The maximum absolute atomic E-state index is 9.76. The quantitative estimate of drug-likeness (QED) is 0.430. The van der Waals surface area contributed by atoms with E-state index in [-0.39, 0.29) is 6.61 Å². The van der Waals surface area contributed by atoms with Crippen LogP contribution in [-0.2, 0) is 9.84 Å². The molecule has 10 heavy (non-hydrogen) atoms. The van der Waals surface area contributed by atoms with Crippen LogP contribution in [0.3, 0.4) is 0 Å². The molecule has 0 fully saturated rings. The van der Waals surface area contributed by atoms with Gasteiger partial charge in [-0.1, -0.05) is 12.8 Å². The van der Waals surface area contributed by atoms with Gasteiger partial charge in [0.2, 0.25) is 0 Å². The SMILES string of the molecule is [O]COCCCCCCO. The number of ether oxygens (including phenoxy) is 1. The van der Waals surface area contributed by atoms with Crippen LogP contribution in [0.15, 0.2) is 0 Å². The summed E-state index contributed by atoms with van der Waals surface area (Å²) in [4.78, 5) is 0. The third kappa shape index (κ3) is 7.88. The van der Waals surface area contributed by atoms with Crippen LogP contribution in [-0.4, -0.2) is 25.1 Å². The van der Waals surface area contributed by atoms with Crippen molar-refractivity contribution >= 4 is 0 Å². The highest BCUT2D eigenvalue weighted by Gasteiger charge is 1.88. The van der Waals surface area contributed by atoms with Gasteiger partial charge in [-0.2, -0.15) is 0 Å². The Morgan fingerprint density at radius 2 is 1.80 bits per heavy atom. The Morgan fingerprint density at radius 3 is 2.40 bits per heavy atom. The van der Waals surface area contributed by atoms with Crippen molar-refractivity contribution < 1.29 is 14.9 Å². The van der Waals surface area contributed by atoms with Crippen LogP contribution in [0.2, 0.25) is 0 Å². The molecular weight excluding hydrogens is 132 g/mol. The van der Waals surface area contributed by atoms with Crippen LogP contribution in [0.4, 0.5) is 0 Å². The summed E-state index contributed by atoms with van der Waals surface area (Å²) in [6.07, 6.45) is 3.86. The molecule has 0 atom stereocenters. The van der Waals surface area contributed by atoms with Crippen molar-refractivity contribution in [3.05, 3.63) is 0 Å². The molecule has 0 aliphatic carbocycles. The molecule has 1 radical (unpaired) electrons. The smallest absolute Gasteiger partial charge is 0.180 e. The van der Waals surface area contributed by atoms with Gasteiger partial charge >= 0.3 is 0 Å². The van der Waals surface area contributed by atoms with E-state index in [1.54, 1.807) is 0 Å². The molecule has 0 amide bonds. The number of aliphatic hydroxyl groups is 1. The number of unbranched alkanes of at least 4 members (excludes halogenated alkanes) is 3. The zero-order valence-corrected chi connectivity index (χ0v) is 6.21. The number of hydrogen-bond acceptors (Lipinski definition) is 2. The van der Waals surface area contributed by atoms with E-state index >= 15 is 0 Å². The third-order valence-corrected chi connectivity index (χ3v) is 1.28. The highest BCUT2D eigenvalue weighted by molar-refractivity contribution is 4.40. The molecule has 0 bridgehead atoms. The minimum absolute atomic E-state index is 0.266. The molecule has 0 saturated carbocycles. The largest absolute Gasteiger partial charge is 0.396 e. The van der Waals surface area contributed by atoms with Gasteiger partial charge in [0.05, 0.1) is 0 Å². The lowest BCUT2D eigenvalue weighted by Gasteiger charge is -1.98. The molecule has 3 heteroatoms. The Kier molecular flexibility index (Phi) is 8.77. The van der Waals surface area contributed by atoms with Crippen molar-refractivity contribution in [1.29, 1.82) is 0 Å². The molecule has 61 valence electrons. The van der Waals surface area contributed by atoms with E-state index in [0.29, 0.717) is 6.61 Å². The average Bonchev–Trinajstić information content (AvgIpc) is 1.97. The summed E-state index contributed by atoms with van der Waals surface area (Å²) in [5.74, 6) is 0. The normalized spacial score (nSPS) is 10.2. The zero-order valence-electron chi connectivity index (χ0n) is 6.21. The second kappa shape index (κ2) is 8.88. The van der Waals surface area contributed by atoms with Crippen LogP contribution in [0.5, 0.6) is 0 Å². The van der Waals surface area contributed by atoms with Gasteiger partial charge in [-0.3, -0.25) is 0 Å². The second-order valence-corrected chi connectivity index (χ2v) is 2.16. The molecule has 0 spiro atoms. The third-order valence-electron chi connectivity index (χ3n) is 1.28. The molecule has 0 aliphatic heterocycles. The Labute approximate surface area is 61.6 Å². The fourth-order valence-electron chi connectivity index (χ4n) is 0.728. The number of aliphatic hydroxyl groups excluding tert-OH is 1. The summed E-state index contributed by atoms with van der Waals surface area (Å²) < 4.78 is 4.60. The van der Waals surface area contributed by atoms with Crippen molar-refractivity contribution in [3.63, 3.8) is 0 Å². The van der Waals surface area contributed by atoms with Gasteiger partial charge in [0, 0.05) is 13.2 Å². The van der Waals surface area contributed by atoms with Gasteiger partial charge in [-0.05, 0) is 12.8 Å². The molecule has 0 aromatic heterocycles. The van der Waals surface area contributed by atoms with Gasteiger partial charge in [-0.25, -0.2) is 5.11 Å². The average molecular weight is 147 g/mol. The first kappa shape index (κ1) is 9.88. The Bertz CT molecular complexity index is 48.8. The van der Waals surface area contributed by atoms with Crippen molar-refractivity contribution in [3.8, 4) is 0 Å². The van der Waals surface area contributed by atoms with Crippen molar-refractivity contribution in [2.45, 2.75) is 25.7 Å². The summed E-state index contributed by atoms with van der Waals surface area (Å²) in [5.41, 5.74) is 0. The van der Waals surface area contributed by atoms with E-state index in [1.807, 2.05) is 0 Å². The molecule has 0 heterocycles. The lowest BCUT2D eigenvalue weighted by atomic mass is 10.2. The van der Waals surface area contributed by atoms with E-state index in [9.17, 15) is 5.11 Å². The minimum atomic E-state index is -0.431. The Hall–Kier alpha value is -0.120. The summed E-state index contributed by atoms with van der Waals surface area (Å²) in [5, 5.41) is 18.1. The molecule has 0 saturated heterocycles. The summed E-state index contributed by atoms with van der Waals surface area (Å²) >= 11 is 0. The first-order chi connectivity index (χ1) is 4.91. The Balaban J connectivity index is 2.65. The van der Waals surface area contributed by atoms with Gasteiger partial charge in [0.15, 0.2) is 6.79 Å². The van der Waals surface area contributed by atoms with Gasteiger partial charge in [0.1, 0.15) is 0 Å². The summed E-state index contributed by atoms with van der Waals surface area (Å²) in [7, 11) is 0. The predicted molar refractivity (Wildman–Crippen MR) is 37.1 cm³/mol. The molecule has 0 aromatic rings. The highest BCUT2D eigenvalue weighted by Crippen LogP contribution is 1.98. The number of hydrogen-bond donors (Lipinski definition) is 1. The van der Waals surface area contributed by atoms with Crippen molar-refractivity contribution in [1.82, 2.24) is 0 Å². The molecule has 0 unspecified atom stereocenters. The molecule has 0 aliphatic rings. The molecule has 0 rings (SSSR count). The Morgan fingerprint density at radius 1 is 1.10 bits per heavy atom. The minimum Gasteiger partial charge on any atom is -0.396 e. The summed E-state index contributed by atoms with van der Waals surface area (Å²) in [6.45, 7) is 0.400. The summed E-state index contributed by atoms with van der Waals surface area (Å²) in [6, 6.07) is 0. The van der Waals surface area contributed by atoms with Gasteiger partial charge in [-0.15, -0.1) is 0 Å². The lowest BCUT2D eigenvalue weighted by molar-refractivity contribution is -0.0447. The molecular formula is C7H15O3. The van der Waals surface area contributed by atoms with E-state index < -0.39 is 6.79 Å². The van der Waals surface area contributed by atoms with E-state index in [0.717, 1.165) is 25.7 Å². The van der Waals surface area contributed by atoms with Gasteiger partial charge in [0.25, 0.3) is 0 Å². The van der Waals surface area contributed by atoms with E-state index in [2.05, 4.69) is 4.74 Å². The standard InChI is InChI=1S/C7H15O3/c8-5-3-1-2-4-6-10-7-9/h8H,1-7H2. The maximum Gasteiger partial charge on any atom is 0.180 e. The molecule has 0 aromatic carbocycles. The first-order valence-corrected chi connectivity index (χ1v) is 3.68. The lowest BCUT2D eigenvalue weighted by Crippen LogP contribution is -1.94.